The van der Waals surface area contributed by atoms with Crippen LogP contribution < -0.4 is 15.1 Å². The number of ether oxygens (including phenoxy) is 2. The van der Waals surface area contributed by atoms with Gasteiger partial charge in [-0.05, 0) is 60.7 Å². The van der Waals surface area contributed by atoms with Crippen molar-refractivity contribution < 1.29 is 50.6 Å². The number of Topliss-reactive ketones (excluding diaryl/α,β-unsaturated/α-hetero) is 1. The first-order chi connectivity index (χ1) is 30.4. The fraction of sp³-hybridized carbons (Fsp3) is 0.317. The van der Waals surface area contributed by atoms with E-state index in [4.69, 9.17) is 37.1 Å². The highest BCUT2D eigenvalue weighted by Gasteiger charge is 2.27. The number of nitrogens with one attached hydrogen (secondary N) is 1. The summed E-state index contributed by atoms with van der Waals surface area (Å²) in [6.07, 6.45) is -3.31. The first-order valence-corrected chi connectivity index (χ1v) is 20.0. The Morgan fingerprint density at radius 1 is 0.698 bits per heavy atom. The molecule has 22 heteroatoms. The van der Waals surface area contributed by atoms with Crippen LogP contribution in [0, 0.1) is 0 Å². The Bertz CT molecular complexity index is 2330. The van der Waals surface area contributed by atoms with E-state index in [-0.39, 0.29) is 36.6 Å². The zero-order chi connectivity index (χ0) is 44.9. The van der Waals surface area contributed by atoms with Crippen LogP contribution in [0.2, 0.25) is 10.0 Å². The molecule has 2 aliphatic heterocycles. The fourth-order valence-electron chi connectivity index (χ4n) is 6.11. The number of benzene rings is 2. The summed E-state index contributed by atoms with van der Waals surface area (Å²) in [6, 6.07) is 19.8. The highest BCUT2D eigenvalue weighted by molar-refractivity contribution is 6.31. The maximum Gasteiger partial charge on any atom is 0.325 e. The summed E-state index contributed by atoms with van der Waals surface area (Å²) in [7, 11) is 0. The van der Waals surface area contributed by atoms with Gasteiger partial charge in [0.1, 0.15) is 0 Å². The highest BCUT2D eigenvalue weighted by atomic mass is 35.5. The molecule has 0 atom stereocenters. The van der Waals surface area contributed by atoms with Crippen molar-refractivity contribution in [2.45, 2.75) is 25.9 Å². The van der Waals surface area contributed by atoms with Crippen molar-refractivity contribution in [2.75, 3.05) is 69.0 Å². The molecule has 5 aromatic rings. The zero-order valence-corrected chi connectivity index (χ0v) is 34.7. The molecule has 1 N–H and O–H groups in total. The van der Waals surface area contributed by atoms with Crippen LogP contribution in [0.25, 0.3) is 11.5 Å². The van der Waals surface area contributed by atoms with E-state index >= 15 is 0 Å². The van der Waals surface area contributed by atoms with Crippen LogP contribution in [0.1, 0.15) is 34.1 Å². The highest BCUT2D eigenvalue weighted by Crippen LogP contribution is 2.26. The second kappa shape index (κ2) is 22.2. The Morgan fingerprint density at radius 2 is 1.22 bits per heavy atom. The van der Waals surface area contributed by atoms with E-state index in [1.54, 1.807) is 81.4 Å². The van der Waals surface area contributed by atoms with Crippen LogP contribution in [-0.4, -0.2) is 119 Å². The first-order valence-electron chi connectivity index (χ1n) is 19.3. The number of anilines is 2. The minimum absolute atomic E-state index is 0.0505. The predicted molar refractivity (Wildman–Crippen MR) is 221 cm³/mol. The number of ketones is 1. The molecule has 0 aliphatic carbocycles. The normalized spacial score (nSPS) is 13.9. The Balaban J connectivity index is 0.000000210. The van der Waals surface area contributed by atoms with Crippen molar-refractivity contribution in [2.24, 2.45) is 0 Å². The lowest BCUT2D eigenvalue weighted by Gasteiger charge is -2.33. The average Bonchev–Trinajstić information content (AvgIpc) is 3.81. The van der Waals surface area contributed by atoms with Gasteiger partial charge in [-0.25, -0.2) is 9.59 Å². The van der Waals surface area contributed by atoms with Gasteiger partial charge in [0, 0.05) is 65.6 Å². The summed E-state index contributed by atoms with van der Waals surface area (Å²) in [6.45, 7) is 3.50. The summed E-state index contributed by atoms with van der Waals surface area (Å²) < 4.78 is 65.4. The number of nitrogens with zero attached hydrogens (tertiary/aromatic N) is 8. The lowest BCUT2D eigenvalue weighted by atomic mass is 10.1. The lowest BCUT2D eigenvalue weighted by molar-refractivity contribution is -0.131. The molecule has 0 spiro atoms. The summed E-state index contributed by atoms with van der Waals surface area (Å²) in [5.74, 6) is -2.87. The summed E-state index contributed by atoms with van der Waals surface area (Å²) in [4.78, 5) is 64.4. The van der Waals surface area contributed by atoms with E-state index in [1.165, 1.54) is 23.4 Å². The fourth-order valence-corrected chi connectivity index (χ4v) is 6.48. The van der Waals surface area contributed by atoms with Crippen molar-refractivity contribution in [3.63, 3.8) is 0 Å². The molecule has 0 radical (unpaired) electrons. The van der Waals surface area contributed by atoms with E-state index in [0.29, 0.717) is 91.0 Å². The molecule has 2 saturated heterocycles. The number of amides is 5. The number of hydrogen-bond donors (Lipinski definition) is 1. The van der Waals surface area contributed by atoms with Crippen LogP contribution in [-0.2, 0) is 27.4 Å². The molecule has 0 unspecified atom stereocenters. The van der Waals surface area contributed by atoms with Gasteiger partial charge in [-0.15, -0.1) is 10.2 Å². The third kappa shape index (κ3) is 12.9. The number of alkyl halides is 4. The SMILES string of the molecule is O=C(CNC(=O)C(F)F)c1ccc(CN(C(=O)N2CCOCC2)c2cccc(Cl)c2)nc1.O=C(N1CCOCC1)N(Cc1ccc(-c2nnc(C(F)F)o2)cn1)c1cccc(Cl)c1. The van der Waals surface area contributed by atoms with Gasteiger partial charge >= 0.3 is 24.9 Å². The molecule has 5 amide bonds. The van der Waals surface area contributed by atoms with Crippen LogP contribution in [0.15, 0.2) is 89.6 Å². The molecule has 2 aromatic carbocycles. The molecule has 0 bridgehead atoms. The summed E-state index contributed by atoms with van der Waals surface area (Å²) in [5, 5.41) is 9.76. The molecule has 16 nitrogen and oxygen atoms in total. The lowest BCUT2D eigenvalue weighted by Crippen LogP contribution is -2.48. The number of hydrogen-bond acceptors (Lipinski definition) is 11. The second-order valence-corrected chi connectivity index (χ2v) is 14.5. The minimum Gasteiger partial charge on any atom is -0.415 e. The van der Waals surface area contributed by atoms with Gasteiger partial charge in [0.2, 0.25) is 5.89 Å². The molecule has 2 fully saturated rings. The average molecular weight is 917 g/mol. The van der Waals surface area contributed by atoms with Gasteiger partial charge < -0.3 is 29.0 Å². The molecule has 2 aliphatic rings. The maximum atomic E-state index is 13.2. The van der Waals surface area contributed by atoms with Gasteiger partial charge in [-0.2, -0.15) is 17.6 Å². The standard InChI is InChI=1S/C21H21ClF2N4O4.C20H18ClF2N5O3/c22-15-2-1-3-17(10-15)28(21(31)27-6-8-32-9-7-27)13-16-5-4-14(11-25-16)18(29)12-26-20(30)19(23)24;21-14-2-1-3-16(10-14)28(20(29)27-6-8-30-9-7-27)12-15-5-4-13(11-24-15)18-25-26-19(31-18)17(22)23/h1-5,10-11,19H,6-9,12-13H2,(H,26,30);1-5,10-11,17H,6-9,12H2. The molecular weight excluding hydrogens is 877 g/mol. The number of morpholine rings is 2. The van der Waals surface area contributed by atoms with Crippen LogP contribution in [0.5, 0.6) is 0 Å². The zero-order valence-electron chi connectivity index (χ0n) is 33.2. The number of carbonyl (C=O) groups excluding carboxylic acids is 4. The monoisotopic (exact) mass is 915 g/mol. The number of halogens is 6. The van der Waals surface area contributed by atoms with Crippen LogP contribution >= 0.6 is 23.2 Å². The topological polar surface area (TPSA) is 176 Å². The maximum absolute atomic E-state index is 13.2. The van der Waals surface area contributed by atoms with E-state index in [9.17, 15) is 36.7 Å². The molecule has 3 aromatic heterocycles. The van der Waals surface area contributed by atoms with Crippen molar-refractivity contribution in [1.29, 1.82) is 0 Å². The Hall–Kier alpha value is -6.22. The molecule has 0 saturated carbocycles. The van der Waals surface area contributed by atoms with E-state index < -0.39 is 37.0 Å². The van der Waals surface area contributed by atoms with Crippen molar-refractivity contribution in [3.8, 4) is 11.5 Å². The van der Waals surface area contributed by atoms with Gasteiger partial charge in [0.05, 0.1) is 63.0 Å². The number of carbonyl (C=O) groups is 4. The first kappa shape index (κ1) is 46.3. The third-order valence-corrected chi connectivity index (χ3v) is 9.84. The molecule has 332 valence electrons. The van der Waals surface area contributed by atoms with Crippen LogP contribution in [0.4, 0.5) is 38.5 Å². The van der Waals surface area contributed by atoms with Crippen molar-refractivity contribution in [1.82, 2.24) is 35.3 Å². The number of aromatic nitrogens is 4. The molecule has 63 heavy (non-hydrogen) atoms. The van der Waals surface area contributed by atoms with Gasteiger partial charge in [0.25, 0.3) is 11.8 Å². The van der Waals surface area contributed by atoms with E-state index in [0.717, 1.165) is 0 Å². The Kier molecular flexibility index (Phi) is 16.3. The quantitative estimate of drug-likeness (QED) is 0.101. The molecule has 7 rings (SSSR count). The second-order valence-electron chi connectivity index (χ2n) is 13.7. The smallest absolute Gasteiger partial charge is 0.325 e. The Morgan fingerprint density at radius 3 is 1.65 bits per heavy atom. The molecular formula is C41H39Cl2F4N9O7. The van der Waals surface area contributed by atoms with Gasteiger partial charge in [-0.3, -0.25) is 29.4 Å². The number of rotatable bonds is 12. The number of pyridine rings is 2. The Labute approximate surface area is 367 Å². The van der Waals surface area contributed by atoms with Crippen molar-refractivity contribution >= 4 is 58.3 Å². The molecule has 5 heterocycles. The van der Waals surface area contributed by atoms with E-state index in [2.05, 4.69) is 20.2 Å². The largest absolute Gasteiger partial charge is 0.415 e. The minimum atomic E-state index is -3.19. The predicted octanol–water partition coefficient (Wildman–Crippen LogP) is 6.94. The third-order valence-electron chi connectivity index (χ3n) is 9.37. The summed E-state index contributed by atoms with van der Waals surface area (Å²) >= 11 is 12.2. The van der Waals surface area contributed by atoms with Crippen LogP contribution in [0.3, 0.4) is 0 Å². The summed E-state index contributed by atoms with van der Waals surface area (Å²) in [5.41, 5.74) is 2.85. The van der Waals surface area contributed by atoms with Gasteiger partial charge in [0.15, 0.2) is 5.78 Å². The van der Waals surface area contributed by atoms with Gasteiger partial charge in [-0.1, -0.05) is 35.3 Å². The van der Waals surface area contributed by atoms with Crippen molar-refractivity contribution in [3.05, 3.63) is 118 Å². The number of urea groups is 2. The van der Waals surface area contributed by atoms with E-state index in [1.807, 2.05) is 5.32 Å².